The minimum Gasteiger partial charge on any atom is -0.258 e. The first-order chi connectivity index (χ1) is 9.83. The second-order valence-corrected chi connectivity index (χ2v) is 5.64. The smallest absolute Gasteiger partial charge is 0.258 e. The third kappa shape index (κ3) is 3.00. The maximum atomic E-state index is 13.5. The van der Waals surface area contributed by atoms with Crippen LogP contribution in [-0.2, 0) is 10.0 Å². The van der Waals surface area contributed by atoms with E-state index in [0.717, 1.165) is 18.2 Å². The number of hydrogen-bond acceptors (Lipinski definition) is 7. The maximum absolute atomic E-state index is 13.5. The van der Waals surface area contributed by atoms with Crippen LogP contribution in [0.25, 0.3) is 0 Å². The first-order valence-electron chi connectivity index (χ1n) is 5.51. The van der Waals surface area contributed by atoms with E-state index in [9.17, 15) is 22.9 Å². The molecule has 0 aliphatic rings. The van der Waals surface area contributed by atoms with Crippen molar-refractivity contribution in [1.29, 1.82) is 0 Å². The number of benzene rings is 1. The number of tetrazole rings is 1. The summed E-state index contributed by atoms with van der Waals surface area (Å²) in [7, 11) is -4.34. The van der Waals surface area contributed by atoms with E-state index in [1.54, 1.807) is 0 Å². The van der Waals surface area contributed by atoms with Gasteiger partial charge in [-0.15, -0.1) is 10.2 Å². The van der Waals surface area contributed by atoms with Crippen molar-refractivity contribution in [2.24, 2.45) is 0 Å². The molecule has 1 aromatic heterocycles. The van der Waals surface area contributed by atoms with Gasteiger partial charge in [-0.2, -0.15) is 9.60 Å². The van der Waals surface area contributed by atoms with Crippen molar-refractivity contribution in [1.82, 2.24) is 25.3 Å². The molecule has 1 heterocycles. The molecular weight excluding hydrogens is 307 g/mol. The van der Waals surface area contributed by atoms with Gasteiger partial charge < -0.3 is 0 Å². The Labute approximate surface area is 117 Å². The summed E-state index contributed by atoms with van der Waals surface area (Å²) in [6.07, 6.45) is 0. The van der Waals surface area contributed by atoms with Crippen LogP contribution in [0.2, 0.25) is 0 Å². The third-order valence-electron chi connectivity index (χ3n) is 2.50. The first-order valence-corrected chi connectivity index (χ1v) is 7.00. The number of sulfonamides is 1. The molecule has 0 aliphatic heterocycles. The van der Waals surface area contributed by atoms with Gasteiger partial charge in [-0.25, -0.2) is 13.1 Å². The Morgan fingerprint density at radius 1 is 1.48 bits per heavy atom. The molecule has 0 aliphatic carbocycles. The predicted molar refractivity (Wildman–Crippen MR) is 66.0 cm³/mol. The van der Waals surface area contributed by atoms with Crippen LogP contribution in [0, 0.1) is 15.9 Å². The topological polar surface area (TPSA) is 144 Å². The highest BCUT2D eigenvalue weighted by Crippen LogP contribution is 2.27. The molecule has 1 aromatic carbocycles. The van der Waals surface area contributed by atoms with E-state index in [0.29, 0.717) is 0 Å². The van der Waals surface area contributed by atoms with Gasteiger partial charge in [-0.3, -0.25) is 10.1 Å². The molecule has 0 radical (unpaired) electrons. The summed E-state index contributed by atoms with van der Waals surface area (Å²) in [5, 5.41) is 23.4. The van der Waals surface area contributed by atoms with Crippen LogP contribution in [0.3, 0.4) is 0 Å². The second-order valence-electron chi connectivity index (χ2n) is 3.96. The summed E-state index contributed by atoms with van der Waals surface area (Å²) >= 11 is 0. The molecule has 0 saturated heterocycles. The maximum Gasteiger partial charge on any atom is 0.324 e. The number of halogens is 1. The molecule has 1 unspecified atom stereocenters. The second kappa shape index (κ2) is 5.49. The Hall–Kier alpha value is -2.47. The van der Waals surface area contributed by atoms with Crippen LogP contribution in [0.4, 0.5) is 10.1 Å². The van der Waals surface area contributed by atoms with Crippen molar-refractivity contribution in [3.05, 3.63) is 40.0 Å². The zero-order chi connectivity index (χ0) is 15.6. The number of aromatic nitrogens is 4. The van der Waals surface area contributed by atoms with Crippen LogP contribution >= 0.6 is 0 Å². The summed E-state index contributed by atoms with van der Waals surface area (Å²) in [5.41, 5.74) is -1.12. The van der Waals surface area contributed by atoms with Gasteiger partial charge in [0.05, 0.1) is 11.0 Å². The molecule has 0 bridgehead atoms. The zero-order valence-electron chi connectivity index (χ0n) is 10.5. The van der Waals surface area contributed by atoms with E-state index in [1.807, 2.05) is 0 Å². The average molecular weight is 316 g/mol. The molecule has 112 valence electrons. The van der Waals surface area contributed by atoms with Crippen molar-refractivity contribution in [3.63, 3.8) is 0 Å². The van der Waals surface area contributed by atoms with E-state index < -0.39 is 37.4 Å². The summed E-state index contributed by atoms with van der Waals surface area (Å²) in [5.74, 6) is -1.20. The molecular formula is C9H9FN6O4S. The van der Waals surface area contributed by atoms with Gasteiger partial charge in [0.1, 0.15) is 0 Å². The molecule has 12 heteroatoms. The number of hydrogen-bond donors (Lipinski definition) is 2. The lowest BCUT2D eigenvalue weighted by Gasteiger charge is -2.11. The van der Waals surface area contributed by atoms with Gasteiger partial charge in [-0.05, 0) is 19.1 Å². The van der Waals surface area contributed by atoms with Crippen LogP contribution in [0.15, 0.2) is 23.1 Å². The number of nitro groups is 1. The first kappa shape index (κ1) is 14.9. The summed E-state index contributed by atoms with van der Waals surface area (Å²) < 4.78 is 39.9. The molecule has 0 amide bonds. The van der Waals surface area contributed by atoms with E-state index in [4.69, 9.17) is 0 Å². The Morgan fingerprint density at radius 3 is 2.76 bits per heavy atom. The van der Waals surface area contributed by atoms with Gasteiger partial charge in [-0.1, -0.05) is 11.3 Å². The lowest BCUT2D eigenvalue weighted by atomic mass is 10.3. The fourth-order valence-electron chi connectivity index (χ4n) is 1.59. The quantitative estimate of drug-likeness (QED) is 0.595. The lowest BCUT2D eigenvalue weighted by Crippen LogP contribution is -2.28. The van der Waals surface area contributed by atoms with Crippen molar-refractivity contribution in [3.8, 4) is 0 Å². The fourth-order valence-corrected chi connectivity index (χ4v) is 2.97. The fraction of sp³-hybridized carbons (Fsp3) is 0.222. The predicted octanol–water partition coefficient (Wildman–Crippen LogP) is 0.286. The minimum atomic E-state index is -4.34. The van der Waals surface area contributed by atoms with Crippen LogP contribution in [-0.4, -0.2) is 34.0 Å². The summed E-state index contributed by atoms with van der Waals surface area (Å²) in [6.45, 7) is 1.41. The van der Waals surface area contributed by atoms with Gasteiger partial charge in [0.25, 0.3) is 0 Å². The minimum absolute atomic E-state index is 0.0395. The lowest BCUT2D eigenvalue weighted by molar-refractivity contribution is -0.390. The summed E-state index contributed by atoms with van der Waals surface area (Å²) in [6, 6.07) is 1.90. The Balaban J connectivity index is 2.41. The normalized spacial score (nSPS) is 13.0. The Morgan fingerprint density at radius 2 is 2.19 bits per heavy atom. The number of para-hydroxylation sites is 1. The number of nitro benzene ring substituents is 1. The molecule has 2 N–H and O–H groups in total. The number of nitrogens with zero attached hydrogens (tertiary/aromatic N) is 4. The molecule has 0 fully saturated rings. The molecule has 2 aromatic rings. The monoisotopic (exact) mass is 316 g/mol. The number of rotatable bonds is 5. The van der Waals surface area contributed by atoms with E-state index in [-0.39, 0.29) is 5.82 Å². The number of aromatic amines is 1. The standard InChI is InChI=1S/C9H9FN6O4S/c1-5(9-11-14-15-12-9)13-21(19,20)7-4-2-3-6(10)8(7)16(17)18/h2-5,13H,1H3,(H,11,12,14,15). The van der Waals surface area contributed by atoms with E-state index in [1.165, 1.54) is 6.92 Å². The number of nitrogens with one attached hydrogen (secondary N) is 2. The van der Waals surface area contributed by atoms with Crippen molar-refractivity contribution < 1.29 is 17.7 Å². The van der Waals surface area contributed by atoms with E-state index in [2.05, 4.69) is 25.3 Å². The largest absolute Gasteiger partial charge is 0.324 e. The molecule has 0 saturated carbocycles. The molecule has 10 nitrogen and oxygen atoms in total. The van der Waals surface area contributed by atoms with Crippen LogP contribution in [0.5, 0.6) is 0 Å². The van der Waals surface area contributed by atoms with E-state index >= 15 is 0 Å². The van der Waals surface area contributed by atoms with Crippen LogP contribution in [0.1, 0.15) is 18.8 Å². The van der Waals surface area contributed by atoms with Gasteiger partial charge in [0.15, 0.2) is 10.7 Å². The average Bonchev–Trinajstić information content (AvgIpc) is 2.91. The number of H-pyrrole nitrogens is 1. The van der Waals surface area contributed by atoms with Gasteiger partial charge >= 0.3 is 5.69 Å². The Kier molecular flexibility index (Phi) is 3.90. The molecule has 21 heavy (non-hydrogen) atoms. The highest BCUT2D eigenvalue weighted by molar-refractivity contribution is 7.89. The zero-order valence-corrected chi connectivity index (χ0v) is 11.3. The third-order valence-corrected chi connectivity index (χ3v) is 4.08. The van der Waals surface area contributed by atoms with Crippen molar-refractivity contribution in [2.75, 3.05) is 0 Å². The summed E-state index contributed by atoms with van der Waals surface area (Å²) in [4.78, 5) is 8.97. The Bertz CT molecular complexity index is 763. The van der Waals surface area contributed by atoms with Gasteiger partial charge in [0.2, 0.25) is 15.8 Å². The highest BCUT2D eigenvalue weighted by atomic mass is 32.2. The highest BCUT2D eigenvalue weighted by Gasteiger charge is 2.31. The SMILES string of the molecule is CC(NS(=O)(=O)c1cccc(F)c1[N+](=O)[O-])c1nn[nH]n1. The molecule has 0 spiro atoms. The molecule has 2 rings (SSSR count). The van der Waals surface area contributed by atoms with Crippen molar-refractivity contribution in [2.45, 2.75) is 17.9 Å². The van der Waals surface area contributed by atoms with Gasteiger partial charge in [0, 0.05) is 0 Å². The molecule has 1 atom stereocenters. The van der Waals surface area contributed by atoms with Crippen LogP contribution < -0.4 is 4.72 Å². The van der Waals surface area contributed by atoms with Crippen molar-refractivity contribution >= 4 is 15.7 Å².